The summed E-state index contributed by atoms with van der Waals surface area (Å²) in [5.41, 5.74) is -1.28. The van der Waals surface area contributed by atoms with Gasteiger partial charge in [-0.15, -0.1) is 0 Å². The van der Waals surface area contributed by atoms with E-state index < -0.39 is 39.6 Å². The number of rotatable bonds is 2. The summed E-state index contributed by atoms with van der Waals surface area (Å²) >= 11 is 0. The van der Waals surface area contributed by atoms with Crippen LogP contribution in [0.25, 0.3) is 0 Å². The molecule has 1 aliphatic carbocycles. The number of ether oxygens (including phenoxy) is 1. The normalized spacial score (nSPS) is 12.3. The molecule has 0 bridgehead atoms. The van der Waals surface area contributed by atoms with Gasteiger partial charge in [-0.3, -0.25) is 19.7 Å². The highest BCUT2D eigenvalue weighted by Crippen LogP contribution is 2.39. The molecule has 114 valence electrons. The van der Waals surface area contributed by atoms with Crippen molar-refractivity contribution in [2.45, 2.75) is 0 Å². The average molecular weight is 313 g/mol. The van der Waals surface area contributed by atoms with Crippen molar-refractivity contribution in [2.24, 2.45) is 0 Å². The lowest BCUT2D eigenvalue weighted by Crippen LogP contribution is -2.22. The van der Waals surface area contributed by atoms with Crippen LogP contribution in [0.3, 0.4) is 0 Å². The lowest BCUT2D eigenvalue weighted by atomic mass is 9.83. The molecule has 0 saturated heterocycles. The van der Waals surface area contributed by atoms with Crippen molar-refractivity contribution in [1.29, 1.82) is 0 Å². The highest BCUT2D eigenvalue weighted by atomic mass is 16.7. The largest absolute Gasteiger partial charge is 0.511 e. The molecule has 0 aliphatic heterocycles. The van der Waals surface area contributed by atoms with E-state index in [1.807, 2.05) is 0 Å². The number of carbonyl (C=O) groups is 3. The summed E-state index contributed by atoms with van der Waals surface area (Å²) in [6, 6.07) is 8.07. The Kier molecular flexibility index (Phi) is 3.14. The molecule has 0 radical (unpaired) electrons. The number of ketones is 2. The molecule has 0 fully saturated rings. The third kappa shape index (κ3) is 2.13. The molecule has 0 unspecified atom stereocenters. The van der Waals surface area contributed by atoms with Crippen LogP contribution in [0.2, 0.25) is 0 Å². The number of carboxylic acid groups (broad SMARTS) is 1. The molecular formula is C15H7NO7. The molecule has 8 heteroatoms. The third-order valence-corrected chi connectivity index (χ3v) is 3.41. The minimum Gasteiger partial charge on any atom is -0.449 e. The van der Waals surface area contributed by atoms with Gasteiger partial charge in [0.25, 0.3) is 0 Å². The van der Waals surface area contributed by atoms with Gasteiger partial charge in [-0.2, -0.15) is 0 Å². The summed E-state index contributed by atoms with van der Waals surface area (Å²) in [5, 5.41) is 20.0. The Morgan fingerprint density at radius 1 is 1.00 bits per heavy atom. The SMILES string of the molecule is O=C(O)Oc1ccc2c(c1[N+](=O)[O-])C(=O)c1ccccc1C2=O. The number of nitro benzene ring substituents is 1. The van der Waals surface area contributed by atoms with Gasteiger partial charge in [0.1, 0.15) is 5.56 Å². The van der Waals surface area contributed by atoms with Gasteiger partial charge in [0.2, 0.25) is 11.5 Å². The quantitative estimate of drug-likeness (QED) is 0.333. The maximum Gasteiger partial charge on any atom is 0.511 e. The first-order valence-electron chi connectivity index (χ1n) is 6.32. The molecule has 8 nitrogen and oxygen atoms in total. The van der Waals surface area contributed by atoms with Crippen molar-refractivity contribution < 1.29 is 29.2 Å². The van der Waals surface area contributed by atoms with E-state index in [9.17, 15) is 24.5 Å². The van der Waals surface area contributed by atoms with Crippen molar-refractivity contribution in [3.63, 3.8) is 0 Å². The van der Waals surface area contributed by atoms with Crippen LogP contribution < -0.4 is 4.74 Å². The number of benzene rings is 2. The van der Waals surface area contributed by atoms with E-state index >= 15 is 0 Å². The zero-order chi connectivity index (χ0) is 16.7. The van der Waals surface area contributed by atoms with E-state index in [4.69, 9.17) is 5.11 Å². The topological polar surface area (TPSA) is 124 Å². The molecule has 2 aromatic carbocycles. The second kappa shape index (κ2) is 5.02. The Hall–Kier alpha value is -3.55. The smallest absolute Gasteiger partial charge is 0.449 e. The zero-order valence-electron chi connectivity index (χ0n) is 11.3. The molecule has 0 atom stereocenters. The molecule has 1 N–H and O–H groups in total. The minimum absolute atomic E-state index is 0.0283. The number of carbonyl (C=O) groups excluding carboxylic acids is 2. The molecule has 2 aromatic rings. The zero-order valence-corrected chi connectivity index (χ0v) is 11.3. The first-order valence-corrected chi connectivity index (χ1v) is 6.32. The molecule has 0 heterocycles. The van der Waals surface area contributed by atoms with Crippen molar-refractivity contribution in [3.05, 3.63) is 68.8 Å². The summed E-state index contributed by atoms with van der Waals surface area (Å²) in [5.74, 6) is -1.88. The van der Waals surface area contributed by atoms with Gasteiger partial charge in [-0.25, -0.2) is 4.79 Å². The highest BCUT2D eigenvalue weighted by Gasteiger charge is 2.38. The number of hydrogen-bond acceptors (Lipinski definition) is 6. The Bertz CT molecular complexity index is 901. The van der Waals surface area contributed by atoms with Crippen LogP contribution >= 0.6 is 0 Å². The van der Waals surface area contributed by atoms with E-state index in [1.165, 1.54) is 18.2 Å². The van der Waals surface area contributed by atoms with Gasteiger partial charge in [-0.05, 0) is 12.1 Å². The van der Waals surface area contributed by atoms with Crippen molar-refractivity contribution in [1.82, 2.24) is 0 Å². The van der Waals surface area contributed by atoms with Gasteiger partial charge in [0, 0.05) is 16.7 Å². The van der Waals surface area contributed by atoms with Gasteiger partial charge in [0.15, 0.2) is 5.78 Å². The molecule has 0 amide bonds. The number of nitro groups is 1. The van der Waals surface area contributed by atoms with Crippen LogP contribution in [-0.2, 0) is 0 Å². The minimum atomic E-state index is -1.76. The molecule has 3 rings (SSSR count). The maximum atomic E-state index is 12.6. The van der Waals surface area contributed by atoms with Gasteiger partial charge in [-0.1, -0.05) is 24.3 Å². The van der Waals surface area contributed by atoms with Crippen LogP contribution in [0.4, 0.5) is 10.5 Å². The first-order chi connectivity index (χ1) is 10.9. The van der Waals surface area contributed by atoms with E-state index in [1.54, 1.807) is 6.07 Å². The monoisotopic (exact) mass is 313 g/mol. The van der Waals surface area contributed by atoms with Crippen LogP contribution in [-0.4, -0.2) is 27.8 Å². The molecule has 1 aliphatic rings. The van der Waals surface area contributed by atoms with Crippen molar-refractivity contribution in [3.8, 4) is 5.75 Å². The number of hydrogen-bond donors (Lipinski definition) is 1. The summed E-state index contributed by atoms with van der Waals surface area (Å²) in [6.07, 6.45) is -1.76. The highest BCUT2D eigenvalue weighted by molar-refractivity contribution is 6.30. The fourth-order valence-corrected chi connectivity index (χ4v) is 2.51. The van der Waals surface area contributed by atoms with Gasteiger partial charge in [0.05, 0.1) is 4.92 Å². The van der Waals surface area contributed by atoms with E-state index in [2.05, 4.69) is 4.74 Å². The molecular weight excluding hydrogens is 306 g/mol. The second-order valence-electron chi connectivity index (χ2n) is 4.66. The molecule has 23 heavy (non-hydrogen) atoms. The van der Waals surface area contributed by atoms with E-state index in [0.29, 0.717) is 0 Å². The Morgan fingerprint density at radius 3 is 2.17 bits per heavy atom. The van der Waals surface area contributed by atoms with Crippen LogP contribution in [0.5, 0.6) is 5.75 Å². The standard InChI is InChI=1S/C15H7NO7/c17-13-7-3-1-2-4-8(7)14(18)11-9(13)5-6-10(23-15(19)20)12(11)16(21)22/h1-6H,(H,19,20). The summed E-state index contributed by atoms with van der Waals surface area (Å²) in [4.78, 5) is 46.0. The second-order valence-corrected chi connectivity index (χ2v) is 4.66. The third-order valence-electron chi connectivity index (χ3n) is 3.41. The maximum absolute atomic E-state index is 12.6. The van der Waals surface area contributed by atoms with E-state index in [-0.39, 0.29) is 16.7 Å². The lowest BCUT2D eigenvalue weighted by molar-refractivity contribution is -0.385. The summed E-state index contributed by atoms with van der Waals surface area (Å²) < 4.78 is 4.36. The molecule has 0 saturated carbocycles. The van der Waals surface area contributed by atoms with Crippen LogP contribution in [0, 0.1) is 10.1 Å². The first kappa shape index (κ1) is 14.4. The molecule has 0 aromatic heterocycles. The Balaban J connectivity index is 2.32. The van der Waals surface area contributed by atoms with Crippen molar-refractivity contribution >= 4 is 23.4 Å². The van der Waals surface area contributed by atoms with Crippen LogP contribution in [0.1, 0.15) is 31.8 Å². The fraction of sp³-hybridized carbons (Fsp3) is 0. The Labute approximate surface area is 128 Å². The predicted octanol–water partition coefficient (Wildman–Crippen LogP) is 2.43. The van der Waals surface area contributed by atoms with Crippen molar-refractivity contribution in [2.75, 3.05) is 0 Å². The summed E-state index contributed by atoms with van der Waals surface area (Å²) in [7, 11) is 0. The Morgan fingerprint density at radius 2 is 1.61 bits per heavy atom. The van der Waals surface area contributed by atoms with Gasteiger partial charge < -0.3 is 9.84 Å². The van der Waals surface area contributed by atoms with Crippen LogP contribution in [0.15, 0.2) is 36.4 Å². The lowest BCUT2D eigenvalue weighted by Gasteiger charge is -2.17. The fourth-order valence-electron chi connectivity index (χ4n) is 2.51. The average Bonchev–Trinajstić information content (AvgIpc) is 2.51. The predicted molar refractivity (Wildman–Crippen MR) is 75.1 cm³/mol. The number of fused-ring (bicyclic) bond motifs is 2. The summed E-state index contributed by atoms with van der Waals surface area (Å²) in [6.45, 7) is 0. The molecule has 0 spiro atoms. The van der Waals surface area contributed by atoms with Gasteiger partial charge >= 0.3 is 11.8 Å². The van der Waals surface area contributed by atoms with E-state index in [0.717, 1.165) is 12.1 Å². The number of nitrogens with zero attached hydrogens (tertiary/aromatic N) is 1.